The van der Waals surface area contributed by atoms with Crippen molar-refractivity contribution in [3.05, 3.63) is 94.7 Å². The molecular formula is C18H14N4O2. The molecule has 3 aromatic rings. The lowest BCUT2D eigenvalue weighted by molar-refractivity contribution is 0.907. The van der Waals surface area contributed by atoms with Gasteiger partial charge in [0.1, 0.15) is 0 Å². The van der Waals surface area contributed by atoms with Gasteiger partial charge in [-0.3, -0.25) is 0 Å². The van der Waals surface area contributed by atoms with Gasteiger partial charge in [0.25, 0.3) is 0 Å². The molecule has 0 bridgehead atoms. The number of para-hydroxylation sites is 2. The van der Waals surface area contributed by atoms with E-state index in [1.807, 2.05) is 60.7 Å². The molecule has 0 aliphatic rings. The van der Waals surface area contributed by atoms with Gasteiger partial charge in [0, 0.05) is 17.1 Å². The summed E-state index contributed by atoms with van der Waals surface area (Å²) in [6, 6.07) is 26.7. The number of rotatable bonds is 6. The SMILES string of the molecule is O=NN(N=O)c1ccc(N(c2ccccc2)c2ccccc2)cc1. The first kappa shape index (κ1) is 15.4. The Hall–Kier alpha value is -3.54. The Labute approximate surface area is 138 Å². The summed E-state index contributed by atoms with van der Waals surface area (Å²) in [6.45, 7) is 0. The van der Waals surface area contributed by atoms with Crippen molar-refractivity contribution in [1.29, 1.82) is 0 Å². The van der Waals surface area contributed by atoms with Gasteiger partial charge >= 0.3 is 0 Å². The van der Waals surface area contributed by atoms with Crippen molar-refractivity contribution in [1.82, 2.24) is 0 Å². The van der Waals surface area contributed by atoms with Crippen LogP contribution in [-0.2, 0) is 0 Å². The van der Waals surface area contributed by atoms with Crippen molar-refractivity contribution in [2.24, 2.45) is 10.6 Å². The predicted octanol–water partition coefficient (Wildman–Crippen LogP) is 5.33. The molecule has 0 saturated carbocycles. The molecule has 118 valence electrons. The summed E-state index contributed by atoms with van der Waals surface area (Å²) in [4.78, 5) is 23.2. The standard InChI is InChI=1S/C18H14N4O2/c23-19-22(20-24)18-13-11-17(12-14-18)21(15-7-3-1-4-8-15)16-9-5-2-6-10-16/h1-14H. The van der Waals surface area contributed by atoms with E-state index in [9.17, 15) is 9.81 Å². The van der Waals surface area contributed by atoms with Crippen LogP contribution in [0.2, 0.25) is 0 Å². The third kappa shape index (κ3) is 3.12. The number of hydrogen-bond donors (Lipinski definition) is 0. The number of nitroso groups, excluding NO2 is 2. The number of anilines is 4. The van der Waals surface area contributed by atoms with Crippen molar-refractivity contribution in [2.45, 2.75) is 0 Å². The summed E-state index contributed by atoms with van der Waals surface area (Å²) in [5, 5.41) is 5.62. The largest absolute Gasteiger partial charge is 0.311 e. The van der Waals surface area contributed by atoms with Crippen LogP contribution in [0, 0.1) is 9.81 Å². The van der Waals surface area contributed by atoms with Gasteiger partial charge in [-0.25, -0.2) is 0 Å². The van der Waals surface area contributed by atoms with Gasteiger partial charge < -0.3 is 4.90 Å². The zero-order valence-corrected chi connectivity index (χ0v) is 12.7. The first-order valence-electron chi connectivity index (χ1n) is 7.30. The Balaban J connectivity index is 2.03. The maximum absolute atomic E-state index is 10.6. The minimum Gasteiger partial charge on any atom is -0.311 e. The molecule has 0 heterocycles. The maximum Gasteiger partial charge on any atom is 0.0924 e. The average molecular weight is 318 g/mol. The summed E-state index contributed by atoms with van der Waals surface area (Å²) in [6.07, 6.45) is 0. The molecule has 3 aromatic carbocycles. The minimum absolute atomic E-state index is 0.310. The van der Waals surface area contributed by atoms with Crippen LogP contribution in [0.25, 0.3) is 0 Å². The van der Waals surface area contributed by atoms with E-state index in [4.69, 9.17) is 0 Å². The molecule has 0 spiro atoms. The van der Waals surface area contributed by atoms with E-state index in [-0.39, 0.29) is 0 Å². The van der Waals surface area contributed by atoms with Gasteiger partial charge in [-0.2, -0.15) is 0 Å². The molecule has 6 heteroatoms. The third-order valence-electron chi connectivity index (χ3n) is 3.52. The number of benzene rings is 3. The monoisotopic (exact) mass is 318 g/mol. The Morgan fingerprint density at radius 2 is 0.875 bits per heavy atom. The van der Waals surface area contributed by atoms with Crippen molar-refractivity contribution in [2.75, 3.05) is 10.0 Å². The van der Waals surface area contributed by atoms with Crippen LogP contribution in [0.4, 0.5) is 22.7 Å². The Morgan fingerprint density at radius 1 is 0.500 bits per heavy atom. The molecule has 0 atom stereocenters. The molecular weight excluding hydrogens is 304 g/mol. The normalized spacial score (nSPS) is 10.0. The molecule has 6 nitrogen and oxygen atoms in total. The molecule has 3 rings (SSSR count). The van der Waals surface area contributed by atoms with E-state index in [1.54, 1.807) is 24.3 Å². The van der Waals surface area contributed by atoms with Crippen molar-refractivity contribution in [3.8, 4) is 0 Å². The van der Waals surface area contributed by atoms with Gasteiger partial charge in [0.2, 0.25) is 0 Å². The lowest BCUT2D eigenvalue weighted by Gasteiger charge is -2.25. The van der Waals surface area contributed by atoms with Gasteiger partial charge in [-0.05, 0) is 48.5 Å². The molecule has 0 amide bonds. The number of nitrogens with zero attached hydrogens (tertiary/aromatic N) is 4. The van der Waals surface area contributed by atoms with E-state index in [0.29, 0.717) is 10.8 Å². The fourth-order valence-corrected chi connectivity index (χ4v) is 2.45. The molecule has 0 radical (unpaired) electrons. The van der Waals surface area contributed by atoms with Gasteiger partial charge in [-0.1, -0.05) is 41.5 Å². The highest BCUT2D eigenvalue weighted by Crippen LogP contribution is 2.34. The summed E-state index contributed by atoms with van der Waals surface area (Å²) in [5.74, 6) is 0. The van der Waals surface area contributed by atoms with Gasteiger partial charge in [-0.15, -0.1) is 9.81 Å². The molecule has 0 fully saturated rings. The van der Waals surface area contributed by atoms with Gasteiger partial charge in [0.05, 0.1) is 16.3 Å². The second kappa shape index (κ2) is 7.15. The average Bonchev–Trinajstić information content (AvgIpc) is 2.66. The lowest BCUT2D eigenvalue weighted by Crippen LogP contribution is -2.10. The van der Waals surface area contributed by atoms with E-state index in [2.05, 4.69) is 15.5 Å². The molecule has 0 unspecified atom stereocenters. The van der Waals surface area contributed by atoms with Crippen LogP contribution >= 0.6 is 0 Å². The lowest BCUT2D eigenvalue weighted by atomic mass is 10.2. The minimum atomic E-state index is 0.310. The summed E-state index contributed by atoms with van der Waals surface area (Å²) < 4.78 is 0. The first-order valence-corrected chi connectivity index (χ1v) is 7.30. The predicted molar refractivity (Wildman–Crippen MR) is 95.2 cm³/mol. The van der Waals surface area contributed by atoms with Crippen LogP contribution in [0.1, 0.15) is 0 Å². The second-order valence-electron chi connectivity index (χ2n) is 4.98. The highest BCUT2D eigenvalue weighted by molar-refractivity contribution is 5.77. The fraction of sp³-hybridized carbons (Fsp3) is 0. The Morgan fingerprint density at radius 3 is 1.29 bits per heavy atom. The molecule has 0 aliphatic heterocycles. The van der Waals surface area contributed by atoms with Crippen molar-refractivity contribution < 1.29 is 0 Å². The Bertz CT molecular complexity index is 760. The zero-order chi connectivity index (χ0) is 16.8. The Kier molecular flexibility index (Phi) is 4.57. The topological polar surface area (TPSA) is 65.3 Å². The van der Waals surface area contributed by atoms with Gasteiger partial charge in [0.15, 0.2) is 0 Å². The zero-order valence-electron chi connectivity index (χ0n) is 12.7. The summed E-state index contributed by atoms with van der Waals surface area (Å²) in [5.41, 5.74) is 3.18. The van der Waals surface area contributed by atoms with Crippen LogP contribution in [0.3, 0.4) is 0 Å². The first-order chi connectivity index (χ1) is 11.8. The maximum atomic E-state index is 10.6. The number of hydrogen-bond acceptors (Lipinski definition) is 5. The van der Waals surface area contributed by atoms with E-state index < -0.39 is 0 Å². The second-order valence-corrected chi connectivity index (χ2v) is 4.98. The van der Waals surface area contributed by atoms with E-state index in [0.717, 1.165) is 17.1 Å². The van der Waals surface area contributed by atoms with E-state index in [1.165, 1.54) is 0 Å². The van der Waals surface area contributed by atoms with Crippen LogP contribution in [0.5, 0.6) is 0 Å². The molecule has 0 saturated heterocycles. The summed E-state index contributed by atoms with van der Waals surface area (Å²) in [7, 11) is 0. The van der Waals surface area contributed by atoms with Crippen molar-refractivity contribution in [3.63, 3.8) is 0 Å². The smallest absolute Gasteiger partial charge is 0.0924 e. The molecule has 0 aromatic heterocycles. The summed E-state index contributed by atoms with van der Waals surface area (Å²) >= 11 is 0. The van der Waals surface area contributed by atoms with Crippen LogP contribution < -0.4 is 10.0 Å². The highest BCUT2D eigenvalue weighted by atomic mass is 16.4. The van der Waals surface area contributed by atoms with Crippen LogP contribution in [-0.4, -0.2) is 0 Å². The quantitative estimate of drug-likeness (QED) is 0.455. The highest BCUT2D eigenvalue weighted by Gasteiger charge is 2.13. The molecule has 0 aliphatic carbocycles. The van der Waals surface area contributed by atoms with Crippen molar-refractivity contribution >= 4 is 22.7 Å². The fourth-order valence-electron chi connectivity index (χ4n) is 2.45. The third-order valence-corrected chi connectivity index (χ3v) is 3.52. The van der Waals surface area contributed by atoms with E-state index >= 15 is 0 Å². The van der Waals surface area contributed by atoms with Crippen LogP contribution in [0.15, 0.2) is 95.5 Å². The molecule has 0 N–H and O–H groups in total. The molecule has 24 heavy (non-hydrogen) atoms.